The van der Waals surface area contributed by atoms with E-state index in [-0.39, 0.29) is 23.3 Å². The van der Waals surface area contributed by atoms with Gasteiger partial charge in [-0.1, -0.05) is 18.2 Å². The minimum atomic E-state index is -4.52. The van der Waals surface area contributed by atoms with Crippen LogP contribution in [0.4, 0.5) is 30.5 Å². The van der Waals surface area contributed by atoms with Gasteiger partial charge >= 0.3 is 6.18 Å². The highest BCUT2D eigenvalue weighted by molar-refractivity contribution is 6.03. The first-order chi connectivity index (χ1) is 15.1. The van der Waals surface area contributed by atoms with Crippen LogP contribution in [0.2, 0.25) is 0 Å². The first kappa shape index (κ1) is 21.0. The Kier molecular flexibility index (Phi) is 5.12. The van der Waals surface area contributed by atoms with Gasteiger partial charge in [0.15, 0.2) is 6.17 Å². The molecule has 1 aromatic heterocycles. The lowest BCUT2D eigenvalue weighted by molar-refractivity contribution is -0.384. The van der Waals surface area contributed by atoms with Crippen LogP contribution >= 0.6 is 0 Å². The number of benzene rings is 2. The van der Waals surface area contributed by atoms with E-state index in [4.69, 9.17) is 0 Å². The number of anilines is 2. The summed E-state index contributed by atoms with van der Waals surface area (Å²) in [7, 11) is 0. The Morgan fingerprint density at radius 1 is 1.16 bits per heavy atom. The van der Waals surface area contributed by atoms with E-state index >= 15 is 0 Å². The number of aromatic nitrogens is 2. The average Bonchev–Trinajstić information content (AvgIpc) is 2.72. The minimum Gasteiger partial charge on any atom is -0.326 e. The zero-order chi connectivity index (χ0) is 23.0. The predicted octanol–water partition coefficient (Wildman–Crippen LogP) is 3.92. The number of aliphatic imine (C=N–C) groups is 1. The van der Waals surface area contributed by atoms with Crippen LogP contribution in [0.25, 0.3) is 0 Å². The summed E-state index contributed by atoms with van der Waals surface area (Å²) in [4.78, 5) is 31.9. The lowest BCUT2D eigenvalue weighted by atomic mass is 10.1. The van der Waals surface area contributed by atoms with Crippen LogP contribution in [0.15, 0.2) is 64.4 Å². The van der Waals surface area contributed by atoms with Gasteiger partial charge in [-0.3, -0.25) is 24.8 Å². The lowest BCUT2D eigenvalue weighted by Crippen LogP contribution is -2.37. The summed E-state index contributed by atoms with van der Waals surface area (Å²) in [6.45, 7) is 1.61. The number of hydrogen-bond acceptors (Lipinski definition) is 7. The van der Waals surface area contributed by atoms with Gasteiger partial charge in [0.25, 0.3) is 11.2 Å². The Bertz CT molecular complexity index is 1300. The zero-order valence-electron chi connectivity index (χ0n) is 16.4. The van der Waals surface area contributed by atoms with Gasteiger partial charge in [-0.15, -0.1) is 0 Å². The lowest BCUT2D eigenvalue weighted by Gasteiger charge is -2.27. The minimum absolute atomic E-state index is 0.0262. The molecule has 3 aromatic rings. The van der Waals surface area contributed by atoms with Crippen molar-refractivity contribution in [2.45, 2.75) is 19.3 Å². The molecule has 1 atom stereocenters. The third-order valence-electron chi connectivity index (χ3n) is 4.64. The molecule has 0 amide bonds. The van der Waals surface area contributed by atoms with Crippen LogP contribution in [0, 0.1) is 17.0 Å². The quantitative estimate of drug-likeness (QED) is 0.468. The summed E-state index contributed by atoms with van der Waals surface area (Å²) in [5, 5.41) is 16.7. The molecule has 0 aliphatic carbocycles. The van der Waals surface area contributed by atoms with Crippen molar-refractivity contribution in [2.75, 3.05) is 10.6 Å². The molecular formula is C20H15F3N6O3. The number of rotatable bonds is 3. The molecular weight excluding hydrogens is 429 g/mol. The van der Waals surface area contributed by atoms with Crippen molar-refractivity contribution in [3.63, 3.8) is 0 Å². The van der Waals surface area contributed by atoms with Crippen molar-refractivity contribution in [3.8, 4) is 0 Å². The number of aryl methyl sites for hydroxylation is 1. The number of alkyl halides is 3. The molecule has 0 fully saturated rings. The molecule has 4 rings (SSSR count). The second kappa shape index (κ2) is 7.80. The van der Waals surface area contributed by atoms with E-state index in [1.54, 1.807) is 13.0 Å². The van der Waals surface area contributed by atoms with Crippen LogP contribution in [0.3, 0.4) is 0 Å². The molecule has 164 valence electrons. The van der Waals surface area contributed by atoms with Crippen LogP contribution < -0.4 is 16.2 Å². The summed E-state index contributed by atoms with van der Waals surface area (Å²) >= 11 is 0. The molecule has 0 spiro atoms. The van der Waals surface area contributed by atoms with E-state index in [1.165, 1.54) is 41.0 Å². The van der Waals surface area contributed by atoms with Crippen molar-refractivity contribution in [2.24, 2.45) is 4.99 Å². The number of fused-ring (bicyclic) bond motifs is 1. The molecule has 0 saturated heterocycles. The van der Waals surface area contributed by atoms with E-state index in [9.17, 15) is 28.1 Å². The zero-order valence-corrected chi connectivity index (χ0v) is 16.4. The molecule has 2 aromatic carbocycles. The molecule has 1 aliphatic heterocycles. The number of nitro groups is 1. The second-order valence-corrected chi connectivity index (χ2v) is 6.96. The first-order valence-corrected chi connectivity index (χ1v) is 9.25. The monoisotopic (exact) mass is 444 g/mol. The van der Waals surface area contributed by atoms with E-state index in [1.807, 2.05) is 0 Å². The normalized spacial score (nSPS) is 15.4. The van der Waals surface area contributed by atoms with Crippen molar-refractivity contribution >= 4 is 23.3 Å². The van der Waals surface area contributed by atoms with Gasteiger partial charge in [0, 0.05) is 35.1 Å². The molecule has 2 N–H and O–H groups in total. The topological polar surface area (TPSA) is 114 Å². The molecule has 0 radical (unpaired) electrons. The predicted molar refractivity (Wildman–Crippen MR) is 111 cm³/mol. The van der Waals surface area contributed by atoms with Crippen LogP contribution in [-0.2, 0) is 6.18 Å². The van der Waals surface area contributed by atoms with Crippen LogP contribution in [0.1, 0.15) is 23.0 Å². The number of nitrogens with one attached hydrogen (secondary N) is 2. The Labute approximate surface area is 178 Å². The summed E-state index contributed by atoms with van der Waals surface area (Å²) in [5.41, 5.74) is -0.645. The summed E-state index contributed by atoms with van der Waals surface area (Å²) in [6.07, 6.45) is -5.55. The van der Waals surface area contributed by atoms with E-state index in [0.29, 0.717) is 11.3 Å². The van der Waals surface area contributed by atoms with Crippen molar-refractivity contribution in [3.05, 3.63) is 91.9 Å². The number of hydrogen-bond donors (Lipinski definition) is 2. The van der Waals surface area contributed by atoms with Crippen molar-refractivity contribution in [1.29, 1.82) is 0 Å². The fourth-order valence-corrected chi connectivity index (χ4v) is 3.24. The maximum atomic E-state index is 13.0. The van der Waals surface area contributed by atoms with Crippen LogP contribution in [0.5, 0.6) is 0 Å². The van der Waals surface area contributed by atoms with Gasteiger partial charge in [0.2, 0.25) is 11.9 Å². The first-order valence-electron chi connectivity index (χ1n) is 9.25. The highest BCUT2D eigenvalue weighted by Gasteiger charge is 2.31. The molecule has 0 unspecified atom stereocenters. The van der Waals surface area contributed by atoms with E-state index in [0.717, 1.165) is 12.1 Å². The van der Waals surface area contributed by atoms with Gasteiger partial charge in [0.05, 0.1) is 10.5 Å². The average molecular weight is 444 g/mol. The van der Waals surface area contributed by atoms with Gasteiger partial charge in [0.1, 0.15) is 0 Å². The Hall–Kier alpha value is -4.22. The fourth-order valence-electron chi connectivity index (χ4n) is 3.24. The number of nitro benzene ring substituents is 1. The largest absolute Gasteiger partial charge is 0.416 e. The molecule has 12 heteroatoms. The maximum absolute atomic E-state index is 13.0. The van der Waals surface area contributed by atoms with Crippen molar-refractivity contribution in [1.82, 2.24) is 9.55 Å². The smallest absolute Gasteiger partial charge is 0.326 e. The van der Waals surface area contributed by atoms with Crippen molar-refractivity contribution < 1.29 is 18.1 Å². The maximum Gasteiger partial charge on any atom is 0.416 e. The van der Waals surface area contributed by atoms with Crippen LogP contribution in [-0.4, -0.2) is 20.4 Å². The number of nitrogens with zero attached hydrogens (tertiary/aromatic N) is 4. The highest BCUT2D eigenvalue weighted by Crippen LogP contribution is 2.31. The molecule has 32 heavy (non-hydrogen) atoms. The fraction of sp³-hybridized carbons (Fsp3) is 0.150. The Balaban J connectivity index is 1.79. The summed E-state index contributed by atoms with van der Waals surface area (Å²) in [5.74, 6) is 0.120. The third-order valence-corrected chi connectivity index (χ3v) is 4.64. The summed E-state index contributed by atoms with van der Waals surface area (Å²) < 4.78 is 40.3. The van der Waals surface area contributed by atoms with E-state index in [2.05, 4.69) is 20.6 Å². The van der Waals surface area contributed by atoms with Gasteiger partial charge in [-0.25, -0.2) is 9.98 Å². The second-order valence-electron chi connectivity index (χ2n) is 6.96. The molecule has 2 heterocycles. The van der Waals surface area contributed by atoms with Gasteiger partial charge in [-0.05, 0) is 25.1 Å². The van der Waals surface area contributed by atoms with E-state index < -0.39 is 28.4 Å². The highest BCUT2D eigenvalue weighted by atomic mass is 19.4. The Morgan fingerprint density at radius 2 is 1.91 bits per heavy atom. The number of guanidine groups is 1. The summed E-state index contributed by atoms with van der Waals surface area (Å²) in [6, 6.07) is 11.4. The molecule has 1 aliphatic rings. The molecule has 9 nitrogen and oxygen atoms in total. The standard InChI is InChI=1S/C20H15F3N6O3/c1-11-8-16(30)28-17(12-4-2-7-15(9-12)29(31)32)26-18(27-19(28)24-11)25-14-6-3-5-13(10-14)20(21,22)23/h2-10,17H,1H3,(H2,24,25,26,27)/t17-/m1/s1. The molecule has 0 bridgehead atoms. The Morgan fingerprint density at radius 3 is 2.62 bits per heavy atom. The third kappa shape index (κ3) is 4.15. The van der Waals surface area contributed by atoms with Gasteiger partial charge < -0.3 is 5.32 Å². The number of halogens is 3. The SMILES string of the molecule is Cc1cc(=O)n2c(n1)NC(Nc1cccc(C(F)(F)F)c1)=N[C@H]2c1cccc([N+](=O)[O-])c1. The van der Waals surface area contributed by atoms with Gasteiger partial charge in [-0.2, -0.15) is 13.2 Å². The molecule has 0 saturated carbocycles. The number of non-ortho nitro benzene ring substituents is 1.